The first-order valence-electron chi connectivity index (χ1n) is 9.44. The second-order valence-corrected chi connectivity index (χ2v) is 7.58. The summed E-state index contributed by atoms with van der Waals surface area (Å²) in [5, 5.41) is 13.4. The lowest BCUT2D eigenvalue weighted by Crippen LogP contribution is -2.38. The number of aryl methyl sites for hydroxylation is 1. The van der Waals surface area contributed by atoms with E-state index in [1.54, 1.807) is 6.33 Å². The van der Waals surface area contributed by atoms with Crippen molar-refractivity contribution in [2.75, 3.05) is 37.4 Å². The average molecular weight is 382 g/mol. The van der Waals surface area contributed by atoms with Gasteiger partial charge in [-0.1, -0.05) is 0 Å². The summed E-state index contributed by atoms with van der Waals surface area (Å²) < 4.78 is 1.91. The van der Waals surface area contributed by atoms with E-state index in [-0.39, 0.29) is 12.1 Å². The van der Waals surface area contributed by atoms with E-state index in [9.17, 15) is 5.11 Å². The van der Waals surface area contributed by atoms with Gasteiger partial charge in [-0.25, -0.2) is 19.9 Å². The fourth-order valence-corrected chi connectivity index (χ4v) is 3.64. The van der Waals surface area contributed by atoms with Crippen LogP contribution >= 0.6 is 0 Å². The number of hydrogen-bond donors (Lipinski definition) is 2. The number of aliphatic hydroxyl groups is 1. The summed E-state index contributed by atoms with van der Waals surface area (Å²) in [5.74, 6) is 2.25. The molecule has 2 atom stereocenters. The van der Waals surface area contributed by atoms with Crippen LogP contribution in [0.2, 0.25) is 0 Å². The molecule has 0 bridgehead atoms. The second kappa shape index (κ2) is 7.69. The lowest BCUT2D eigenvalue weighted by atomic mass is 10.2. The zero-order valence-corrected chi connectivity index (χ0v) is 16.4. The molecule has 3 aromatic rings. The third kappa shape index (κ3) is 4.05. The van der Waals surface area contributed by atoms with Gasteiger partial charge in [0.2, 0.25) is 5.78 Å². The summed E-state index contributed by atoms with van der Waals surface area (Å²) in [7, 11) is 4.09. The van der Waals surface area contributed by atoms with Crippen LogP contribution in [0.3, 0.4) is 0 Å². The molecular weight excluding hydrogens is 356 g/mol. The van der Waals surface area contributed by atoms with E-state index < -0.39 is 0 Å². The van der Waals surface area contributed by atoms with Crippen molar-refractivity contribution in [2.24, 2.45) is 0 Å². The second-order valence-electron chi connectivity index (χ2n) is 7.58. The summed E-state index contributed by atoms with van der Waals surface area (Å²) in [6.07, 6.45) is 5.90. The van der Waals surface area contributed by atoms with Gasteiger partial charge in [0.05, 0.1) is 18.3 Å². The van der Waals surface area contributed by atoms with Crippen molar-refractivity contribution in [1.82, 2.24) is 29.2 Å². The lowest BCUT2D eigenvalue weighted by Gasteiger charge is -2.27. The molecule has 0 aliphatic carbocycles. The van der Waals surface area contributed by atoms with Crippen molar-refractivity contribution in [1.29, 1.82) is 0 Å². The van der Waals surface area contributed by atoms with Crippen molar-refractivity contribution in [3.05, 3.63) is 42.2 Å². The molecule has 4 rings (SSSR count). The largest absolute Gasteiger partial charge is 0.391 e. The number of rotatable bonds is 6. The first-order chi connectivity index (χ1) is 13.5. The topological polar surface area (TPSA) is 94.7 Å². The van der Waals surface area contributed by atoms with Crippen LogP contribution in [0.15, 0.2) is 30.9 Å². The van der Waals surface area contributed by atoms with Crippen LogP contribution in [-0.4, -0.2) is 73.7 Å². The van der Waals surface area contributed by atoms with Crippen molar-refractivity contribution >= 4 is 17.4 Å². The molecule has 1 fully saturated rings. The number of fused-ring (bicyclic) bond motifs is 1. The Bertz CT molecular complexity index is 956. The van der Waals surface area contributed by atoms with E-state index in [1.165, 1.54) is 0 Å². The van der Waals surface area contributed by atoms with Crippen LogP contribution in [0.1, 0.15) is 17.8 Å². The molecule has 0 aromatic carbocycles. The highest BCUT2D eigenvalue weighted by atomic mass is 16.3. The minimum absolute atomic E-state index is 0.237. The highest BCUT2D eigenvalue weighted by molar-refractivity contribution is 5.50. The smallest absolute Gasteiger partial charge is 0.234 e. The van der Waals surface area contributed by atoms with Gasteiger partial charge in [-0.15, -0.1) is 0 Å². The Hall–Kier alpha value is -2.78. The molecule has 0 saturated carbocycles. The van der Waals surface area contributed by atoms with Gasteiger partial charge in [-0.2, -0.15) is 0 Å². The van der Waals surface area contributed by atoms with Crippen LogP contribution < -0.4 is 10.2 Å². The summed E-state index contributed by atoms with van der Waals surface area (Å²) in [5.41, 5.74) is 1.83. The zero-order valence-electron chi connectivity index (χ0n) is 16.4. The number of nitrogens with zero attached hydrogens (tertiary/aromatic N) is 7. The minimum Gasteiger partial charge on any atom is -0.391 e. The Morgan fingerprint density at radius 1 is 1.29 bits per heavy atom. The number of likely N-dealkylation sites (N-methyl/N-ethyl adjacent to an activating group) is 1. The fourth-order valence-electron chi connectivity index (χ4n) is 3.64. The first kappa shape index (κ1) is 18.6. The normalized spacial score (nSPS) is 19.7. The fraction of sp³-hybridized carbons (Fsp3) is 0.474. The quantitative estimate of drug-likeness (QED) is 0.651. The number of imidazole rings is 1. The first-order valence-corrected chi connectivity index (χ1v) is 9.44. The van der Waals surface area contributed by atoms with Crippen molar-refractivity contribution < 1.29 is 5.11 Å². The molecule has 9 nitrogen and oxygen atoms in total. The third-order valence-electron chi connectivity index (χ3n) is 4.88. The monoisotopic (exact) mass is 382 g/mol. The Balaban J connectivity index is 1.47. The van der Waals surface area contributed by atoms with E-state index in [0.717, 1.165) is 36.0 Å². The van der Waals surface area contributed by atoms with Gasteiger partial charge in [0.1, 0.15) is 18.0 Å². The molecule has 148 valence electrons. The molecule has 4 heterocycles. The maximum Gasteiger partial charge on any atom is 0.234 e. The maximum absolute atomic E-state index is 10.1. The Labute approximate surface area is 164 Å². The molecule has 0 spiro atoms. The van der Waals surface area contributed by atoms with E-state index >= 15 is 0 Å². The number of hydrogen-bond acceptors (Lipinski definition) is 8. The summed E-state index contributed by atoms with van der Waals surface area (Å²) in [4.78, 5) is 22.0. The number of aromatic nitrogens is 5. The molecule has 0 amide bonds. The van der Waals surface area contributed by atoms with E-state index in [1.807, 2.05) is 49.9 Å². The number of nitrogens with one attached hydrogen (secondary N) is 1. The SMILES string of the molecule is Cc1ccn2cc(CNc3cc(N4C[C@H](O)C[C@@H]4CN(C)C)ncn3)nc2n1. The molecule has 2 N–H and O–H groups in total. The summed E-state index contributed by atoms with van der Waals surface area (Å²) in [6.45, 7) is 3.96. The Morgan fingerprint density at radius 2 is 2.14 bits per heavy atom. The van der Waals surface area contributed by atoms with E-state index in [0.29, 0.717) is 18.9 Å². The molecule has 9 heteroatoms. The van der Waals surface area contributed by atoms with Crippen LogP contribution in [0.5, 0.6) is 0 Å². The Kier molecular flexibility index (Phi) is 5.10. The van der Waals surface area contributed by atoms with E-state index in [4.69, 9.17) is 0 Å². The van der Waals surface area contributed by atoms with E-state index in [2.05, 4.69) is 35.1 Å². The van der Waals surface area contributed by atoms with Gasteiger partial charge in [0.25, 0.3) is 0 Å². The Morgan fingerprint density at radius 3 is 2.96 bits per heavy atom. The van der Waals surface area contributed by atoms with Crippen LogP contribution in [0.4, 0.5) is 11.6 Å². The number of anilines is 2. The molecule has 0 unspecified atom stereocenters. The zero-order chi connectivity index (χ0) is 19.7. The van der Waals surface area contributed by atoms with Crippen LogP contribution in [0, 0.1) is 6.92 Å². The standard InChI is InChI=1S/C19H26N8O/c1-13-4-5-26-9-14(24-19(26)23-13)8-20-17-7-18(22-12-21-17)27-11-16(28)6-15(27)10-25(2)3/h4-5,7,9,12,15-16,28H,6,8,10-11H2,1-3H3,(H,20,21,22)/t15-,16-/m1/s1. The predicted molar refractivity (Wildman–Crippen MR) is 107 cm³/mol. The van der Waals surface area contributed by atoms with Crippen molar-refractivity contribution in [3.63, 3.8) is 0 Å². The highest BCUT2D eigenvalue weighted by Crippen LogP contribution is 2.25. The molecule has 1 saturated heterocycles. The lowest BCUT2D eigenvalue weighted by molar-refractivity contribution is 0.191. The minimum atomic E-state index is -0.328. The highest BCUT2D eigenvalue weighted by Gasteiger charge is 2.32. The summed E-state index contributed by atoms with van der Waals surface area (Å²) in [6, 6.07) is 4.12. The van der Waals surface area contributed by atoms with Crippen LogP contribution in [-0.2, 0) is 6.54 Å². The third-order valence-corrected chi connectivity index (χ3v) is 4.88. The van der Waals surface area contributed by atoms with Gasteiger partial charge < -0.3 is 20.2 Å². The van der Waals surface area contributed by atoms with Crippen LogP contribution in [0.25, 0.3) is 5.78 Å². The molecular formula is C19H26N8O. The molecule has 1 aliphatic heterocycles. The number of aliphatic hydroxyl groups excluding tert-OH is 1. The molecule has 0 radical (unpaired) electrons. The van der Waals surface area contributed by atoms with Gasteiger partial charge in [-0.05, 0) is 33.5 Å². The molecule has 1 aliphatic rings. The van der Waals surface area contributed by atoms with Gasteiger partial charge in [-0.3, -0.25) is 4.40 Å². The predicted octanol–water partition coefficient (Wildman–Crippen LogP) is 0.941. The maximum atomic E-state index is 10.1. The van der Waals surface area contributed by atoms with Crippen molar-refractivity contribution in [2.45, 2.75) is 32.0 Å². The average Bonchev–Trinajstić information content (AvgIpc) is 3.22. The van der Waals surface area contributed by atoms with Gasteiger partial charge >= 0.3 is 0 Å². The number of β-amino-alcohol motifs (C(OH)–C–C–N with tert-alkyl or cyclic N) is 1. The van der Waals surface area contributed by atoms with Gasteiger partial charge in [0.15, 0.2) is 0 Å². The van der Waals surface area contributed by atoms with Gasteiger partial charge in [0, 0.05) is 43.3 Å². The summed E-state index contributed by atoms with van der Waals surface area (Å²) >= 11 is 0. The molecule has 28 heavy (non-hydrogen) atoms. The molecule has 3 aromatic heterocycles. The van der Waals surface area contributed by atoms with Crippen molar-refractivity contribution in [3.8, 4) is 0 Å².